The van der Waals surface area contributed by atoms with Crippen molar-refractivity contribution in [1.82, 2.24) is 5.32 Å². The van der Waals surface area contributed by atoms with Gasteiger partial charge in [-0.15, -0.1) is 0 Å². The summed E-state index contributed by atoms with van der Waals surface area (Å²) in [6.45, 7) is 8.80. The first-order chi connectivity index (χ1) is 8.86. The maximum atomic E-state index is 11.5. The van der Waals surface area contributed by atoms with Crippen LogP contribution in [0.15, 0.2) is 24.3 Å². The maximum absolute atomic E-state index is 11.5. The second-order valence-corrected chi connectivity index (χ2v) is 5.69. The number of hydrogen-bond acceptors (Lipinski definition) is 3. The zero-order valence-corrected chi connectivity index (χ0v) is 12.6. The van der Waals surface area contributed by atoms with Gasteiger partial charge in [0.25, 0.3) is 0 Å². The van der Waals surface area contributed by atoms with E-state index in [4.69, 9.17) is 4.74 Å². The molecule has 0 aromatic heterocycles. The van der Waals surface area contributed by atoms with Crippen LogP contribution in [0, 0.1) is 0 Å². The average molecular weight is 263 g/mol. The van der Waals surface area contributed by atoms with Crippen molar-refractivity contribution in [3.63, 3.8) is 0 Å². The van der Waals surface area contributed by atoms with Crippen molar-refractivity contribution in [1.29, 1.82) is 0 Å². The maximum Gasteiger partial charge on any atom is 0.325 e. The lowest BCUT2D eigenvalue weighted by Gasteiger charge is -2.23. The smallest absolute Gasteiger partial charge is 0.325 e. The van der Waals surface area contributed by atoms with E-state index in [1.807, 2.05) is 13.8 Å². The Hall–Kier alpha value is -1.35. The van der Waals surface area contributed by atoms with E-state index in [1.165, 1.54) is 18.2 Å². The van der Waals surface area contributed by atoms with Gasteiger partial charge in [0.2, 0.25) is 0 Å². The lowest BCUT2D eigenvalue weighted by Crippen LogP contribution is -2.48. The highest BCUT2D eigenvalue weighted by Crippen LogP contribution is 2.15. The number of carbonyl (C=O) groups excluding carboxylic acids is 1. The van der Waals surface area contributed by atoms with E-state index in [2.05, 4.69) is 43.4 Å². The predicted molar refractivity (Wildman–Crippen MR) is 78.3 cm³/mol. The van der Waals surface area contributed by atoms with E-state index < -0.39 is 5.54 Å². The van der Waals surface area contributed by atoms with Crippen LogP contribution in [-0.4, -0.2) is 25.2 Å². The molecule has 0 aliphatic heterocycles. The van der Waals surface area contributed by atoms with Gasteiger partial charge in [-0.3, -0.25) is 4.79 Å². The normalized spacial score (nSPS) is 11.7. The fourth-order valence-electron chi connectivity index (χ4n) is 1.92. The van der Waals surface area contributed by atoms with Crippen molar-refractivity contribution >= 4 is 5.97 Å². The van der Waals surface area contributed by atoms with E-state index in [1.54, 1.807) is 0 Å². The van der Waals surface area contributed by atoms with Crippen molar-refractivity contribution in [2.75, 3.05) is 13.7 Å². The Morgan fingerprint density at radius 2 is 1.84 bits per heavy atom. The minimum absolute atomic E-state index is 0.234. The molecule has 1 N–H and O–H groups in total. The number of hydrogen-bond donors (Lipinski definition) is 1. The van der Waals surface area contributed by atoms with Gasteiger partial charge in [0.15, 0.2) is 0 Å². The van der Waals surface area contributed by atoms with E-state index in [-0.39, 0.29) is 5.97 Å². The Kier molecular flexibility index (Phi) is 5.55. The largest absolute Gasteiger partial charge is 0.468 e. The van der Waals surface area contributed by atoms with Gasteiger partial charge in [0, 0.05) is 6.54 Å². The number of rotatable bonds is 6. The molecule has 3 nitrogen and oxygen atoms in total. The number of ether oxygens (including phenoxy) is 1. The second kappa shape index (κ2) is 6.71. The number of carbonyl (C=O) groups is 1. The first-order valence-electron chi connectivity index (χ1n) is 6.79. The molecule has 3 heteroatoms. The first-order valence-corrected chi connectivity index (χ1v) is 6.79. The highest BCUT2D eigenvalue weighted by atomic mass is 16.5. The second-order valence-electron chi connectivity index (χ2n) is 5.69. The Morgan fingerprint density at radius 3 is 2.32 bits per heavy atom. The topological polar surface area (TPSA) is 38.3 Å². The van der Waals surface area contributed by atoms with Gasteiger partial charge in [-0.2, -0.15) is 0 Å². The number of methoxy groups -OCH3 is 1. The molecule has 0 bridgehead atoms. The first kappa shape index (κ1) is 15.7. The van der Waals surface area contributed by atoms with E-state index in [9.17, 15) is 4.79 Å². The Bertz CT molecular complexity index is 407. The third kappa shape index (κ3) is 4.67. The van der Waals surface area contributed by atoms with Crippen LogP contribution in [0.4, 0.5) is 0 Å². The molecule has 0 saturated heterocycles. The van der Waals surface area contributed by atoms with Crippen LogP contribution < -0.4 is 5.32 Å². The molecule has 0 aliphatic rings. The molecule has 19 heavy (non-hydrogen) atoms. The highest BCUT2D eigenvalue weighted by molar-refractivity contribution is 5.79. The van der Waals surface area contributed by atoms with Crippen LogP contribution >= 0.6 is 0 Å². The van der Waals surface area contributed by atoms with Crippen molar-refractivity contribution in [2.24, 2.45) is 0 Å². The van der Waals surface area contributed by atoms with Gasteiger partial charge in [-0.1, -0.05) is 38.1 Å². The molecule has 0 saturated carbocycles. The van der Waals surface area contributed by atoms with Gasteiger partial charge in [0.05, 0.1) is 7.11 Å². The fraction of sp³-hybridized carbons (Fsp3) is 0.562. The Balaban J connectivity index is 2.47. The minimum atomic E-state index is -0.632. The Morgan fingerprint density at radius 1 is 1.26 bits per heavy atom. The summed E-state index contributed by atoms with van der Waals surface area (Å²) >= 11 is 0. The van der Waals surface area contributed by atoms with E-state index >= 15 is 0 Å². The van der Waals surface area contributed by atoms with E-state index in [0.29, 0.717) is 5.92 Å². The minimum Gasteiger partial charge on any atom is -0.468 e. The standard InChI is InChI=1S/C16H25NO2/c1-12(2)14-8-6-13(7-9-14)10-11-17-16(3,4)15(18)19-5/h6-9,12,17H,10-11H2,1-5H3. The molecule has 1 aromatic carbocycles. The van der Waals surface area contributed by atoms with Gasteiger partial charge in [-0.25, -0.2) is 0 Å². The van der Waals surface area contributed by atoms with Crippen LogP contribution in [0.3, 0.4) is 0 Å². The van der Waals surface area contributed by atoms with Crippen LogP contribution in [0.1, 0.15) is 44.7 Å². The van der Waals surface area contributed by atoms with Crippen molar-refractivity contribution < 1.29 is 9.53 Å². The molecule has 0 fully saturated rings. The Labute approximate surface area is 116 Å². The summed E-state index contributed by atoms with van der Waals surface area (Å²) in [7, 11) is 1.41. The molecule has 1 aromatic rings. The summed E-state index contributed by atoms with van der Waals surface area (Å²) < 4.78 is 4.76. The zero-order chi connectivity index (χ0) is 14.5. The molecule has 106 valence electrons. The SMILES string of the molecule is COC(=O)C(C)(C)NCCc1ccc(C(C)C)cc1. The fourth-order valence-corrected chi connectivity index (χ4v) is 1.92. The quantitative estimate of drug-likeness (QED) is 0.802. The number of nitrogens with one attached hydrogen (secondary N) is 1. The van der Waals surface area contributed by atoms with Gasteiger partial charge in [0.1, 0.15) is 5.54 Å². The third-order valence-electron chi connectivity index (χ3n) is 3.32. The van der Waals surface area contributed by atoms with Gasteiger partial charge < -0.3 is 10.1 Å². The molecule has 0 amide bonds. The van der Waals surface area contributed by atoms with Gasteiger partial charge >= 0.3 is 5.97 Å². The average Bonchev–Trinajstić information content (AvgIpc) is 2.38. The third-order valence-corrected chi connectivity index (χ3v) is 3.32. The lowest BCUT2D eigenvalue weighted by atomic mass is 10.0. The summed E-state index contributed by atoms with van der Waals surface area (Å²) in [6, 6.07) is 8.65. The zero-order valence-electron chi connectivity index (χ0n) is 12.6. The molecule has 1 rings (SSSR count). The molecule has 0 aliphatic carbocycles. The summed E-state index contributed by atoms with van der Waals surface area (Å²) in [5.74, 6) is 0.327. The monoisotopic (exact) mass is 263 g/mol. The summed E-state index contributed by atoms with van der Waals surface area (Å²) in [6.07, 6.45) is 0.902. The summed E-state index contributed by atoms with van der Waals surface area (Å²) in [5, 5.41) is 3.22. The highest BCUT2D eigenvalue weighted by Gasteiger charge is 2.27. The van der Waals surface area contributed by atoms with Crippen LogP contribution in [0.2, 0.25) is 0 Å². The lowest BCUT2D eigenvalue weighted by molar-refractivity contribution is -0.147. The van der Waals surface area contributed by atoms with Crippen LogP contribution in [0.25, 0.3) is 0 Å². The molecular formula is C16H25NO2. The van der Waals surface area contributed by atoms with Crippen molar-refractivity contribution in [2.45, 2.75) is 45.6 Å². The summed E-state index contributed by atoms with van der Waals surface area (Å²) in [5.41, 5.74) is 2.00. The number of benzene rings is 1. The van der Waals surface area contributed by atoms with Crippen molar-refractivity contribution in [3.05, 3.63) is 35.4 Å². The predicted octanol–water partition coefficient (Wildman–Crippen LogP) is 2.89. The summed E-state index contributed by atoms with van der Waals surface area (Å²) in [4.78, 5) is 11.5. The molecule has 0 radical (unpaired) electrons. The molecule has 0 unspecified atom stereocenters. The van der Waals surface area contributed by atoms with Crippen molar-refractivity contribution in [3.8, 4) is 0 Å². The molecule has 0 heterocycles. The van der Waals surface area contributed by atoms with E-state index in [0.717, 1.165) is 13.0 Å². The molecular weight excluding hydrogens is 238 g/mol. The van der Waals surface area contributed by atoms with Gasteiger partial charge in [-0.05, 0) is 37.3 Å². The van der Waals surface area contributed by atoms with Crippen LogP contribution in [0.5, 0.6) is 0 Å². The van der Waals surface area contributed by atoms with Crippen LogP contribution in [-0.2, 0) is 16.0 Å². The molecule has 0 spiro atoms. The molecule has 0 atom stereocenters. The number of esters is 1.